The van der Waals surface area contributed by atoms with Gasteiger partial charge in [-0.25, -0.2) is 8.78 Å². The van der Waals surface area contributed by atoms with E-state index in [2.05, 4.69) is 41.3 Å². The lowest BCUT2D eigenvalue weighted by Crippen LogP contribution is -2.49. The van der Waals surface area contributed by atoms with Gasteiger partial charge in [0.05, 0.1) is 11.1 Å². The molecule has 368 valence electrons. The average molecular weight is 959 g/mol. The van der Waals surface area contributed by atoms with Crippen LogP contribution in [0.5, 0.6) is 0 Å². The van der Waals surface area contributed by atoms with Crippen molar-refractivity contribution in [2.45, 2.75) is 76.3 Å². The number of imide groups is 1. The molecule has 0 spiro atoms. The van der Waals surface area contributed by atoms with Crippen molar-refractivity contribution in [3.63, 3.8) is 0 Å². The van der Waals surface area contributed by atoms with Gasteiger partial charge in [-0.15, -0.1) is 0 Å². The summed E-state index contributed by atoms with van der Waals surface area (Å²) < 4.78 is 33.4. The largest absolute Gasteiger partial charge is 0.381 e. The number of piperazine rings is 2. The van der Waals surface area contributed by atoms with Crippen LogP contribution in [0.25, 0.3) is 10.9 Å². The Labute approximate surface area is 405 Å². The number of carbonyl (C=O) groups is 5. The first-order valence-electron chi connectivity index (χ1n) is 24.5. The Bertz CT molecular complexity index is 2670. The first kappa shape index (κ1) is 48.0. The van der Waals surface area contributed by atoms with Crippen LogP contribution in [-0.4, -0.2) is 127 Å². The van der Waals surface area contributed by atoms with E-state index in [1.165, 1.54) is 12.1 Å². The Morgan fingerprint density at radius 2 is 1.33 bits per heavy atom. The second-order valence-electron chi connectivity index (χ2n) is 18.6. The first-order chi connectivity index (χ1) is 34.0. The fraction of sp³-hybridized carbons (Fsp3) is 0.423. The van der Waals surface area contributed by atoms with E-state index in [1.807, 2.05) is 70.5 Å². The van der Waals surface area contributed by atoms with Crippen LogP contribution in [0.1, 0.15) is 79.3 Å². The molecule has 5 heterocycles. The highest BCUT2D eigenvalue weighted by Crippen LogP contribution is 2.30. The number of anilines is 5. The zero-order chi connectivity index (χ0) is 48.6. The van der Waals surface area contributed by atoms with E-state index < -0.39 is 17.7 Å². The van der Waals surface area contributed by atoms with Crippen LogP contribution in [0.15, 0.2) is 78.9 Å². The molecule has 5 N–H and O–H groups in total. The number of piperidine rings is 1. The van der Waals surface area contributed by atoms with Crippen molar-refractivity contribution >= 4 is 69.0 Å². The van der Waals surface area contributed by atoms with E-state index in [0.717, 1.165) is 73.9 Å². The van der Waals surface area contributed by atoms with Crippen molar-refractivity contribution in [2.75, 3.05) is 91.3 Å². The lowest BCUT2D eigenvalue weighted by molar-refractivity contribution is -0.134. The Kier molecular flexibility index (Phi) is 15.2. The number of unbranched alkanes of at least 4 members (excludes halogenated alkanes) is 2. The van der Waals surface area contributed by atoms with Gasteiger partial charge >= 0.3 is 0 Å². The minimum atomic E-state index is -0.638. The number of aromatic amines is 1. The maximum Gasteiger partial charge on any atom is 0.258 e. The van der Waals surface area contributed by atoms with Gasteiger partial charge in [0, 0.05) is 125 Å². The number of H-pyrrole nitrogens is 1. The Balaban J connectivity index is 0.717. The molecule has 1 unspecified atom stereocenters. The lowest BCUT2D eigenvalue weighted by atomic mass is 10.0. The molecule has 1 aromatic heterocycles. The predicted octanol–water partition coefficient (Wildman–Crippen LogP) is 6.44. The van der Waals surface area contributed by atoms with Gasteiger partial charge in [-0.1, -0.05) is 12.5 Å². The number of carbonyl (C=O) groups excluding carboxylic acids is 5. The number of rotatable bonds is 16. The van der Waals surface area contributed by atoms with Crippen LogP contribution < -0.4 is 31.1 Å². The number of benzene rings is 4. The van der Waals surface area contributed by atoms with Crippen molar-refractivity contribution in [1.82, 2.24) is 25.3 Å². The summed E-state index contributed by atoms with van der Waals surface area (Å²) in [7, 11) is 0. The number of nitrogens with one attached hydrogen (secondary N) is 5. The summed E-state index contributed by atoms with van der Waals surface area (Å²) in [4.78, 5) is 72.3. The third-order valence-electron chi connectivity index (χ3n) is 13.7. The highest BCUT2D eigenvalue weighted by atomic mass is 19.1. The van der Waals surface area contributed by atoms with Crippen LogP contribution in [-0.2, 0) is 30.3 Å². The average Bonchev–Trinajstić information content (AvgIpc) is 3.76. The fourth-order valence-corrected chi connectivity index (χ4v) is 9.77. The molecule has 70 heavy (non-hydrogen) atoms. The van der Waals surface area contributed by atoms with Crippen LogP contribution in [0.2, 0.25) is 0 Å². The highest BCUT2D eigenvalue weighted by molar-refractivity contribution is 6.11. The summed E-state index contributed by atoms with van der Waals surface area (Å²) in [5.41, 5.74) is 5.97. The van der Waals surface area contributed by atoms with Crippen molar-refractivity contribution in [3.05, 3.63) is 107 Å². The quantitative estimate of drug-likeness (QED) is 0.0542. The number of hydrogen-bond acceptors (Lipinski definition) is 11. The van der Waals surface area contributed by atoms with Gasteiger partial charge < -0.3 is 40.3 Å². The number of aromatic nitrogens is 2. The SMILES string of the molecule is O=C1CCC(Nc2ccc(N3CCN(C(=O)CCCCCC(=O)N4CCN(c5ccc(C(=O)Nc6n[nH]c7ccc(Cc8cc(F)cc(F)c8)cc67)c(NC6CCOCC6)c5)CC4)CC3)cc2)C(=O)N1. The summed E-state index contributed by atoms with van der Waals surface area (Å²) >= 11 is 0. The summed E-state index contributed by atoms with van der Waals surface area (Å²) in [6.45, 7) is 6.46. The van der Waals surface area contributed by atoms with Gasteiger partial charge in [-0.2, -0.15) is 5.10 Å². The minimum absolute atomic E-state index is 0.122. The maximum atomic E-state index is 14.0. The van der Waals surface area contributed by atoms with Gasteiger partial charge in [0.2, 0.25) is 23.6 Å². The van der Waals surface area contributed by atoms with Crippen molar-refractivity contribution in [1.29, 1.82) is 0 Å². The molecule has 0 bridgehead atoms. The molecule has 4 aromatic carbocycles. The van der Waals surface area contributed by atoms with Gasteiger partial charge in [-0.05, 0) is 116 Å². The molecule has 4 aliphatic heterocycles. The Morgan fingerprint density at radius 1 is 0.686 bits per heavy atom. The van der Waals surface area contributed by atoms with Crippen LogP contribution in [0.3, 0.4) is 0 Å². The number of ether oxygens (including phenoxy) is 1. The highest BCUT2D eigenvalue weighted by Gasteiger charge is 2.28. The normalized spacial score (nSPS) is 17.9. The number of hydrogen-bond donors (Lipinski definition) is 5. The molecule has 5 amide bonds. The Morgan fingerprint density at radius 3 is 1.99 bits per heavy atom. The topological polar surface area (TPSA) is 184 Å². The number of amides is 5. The van der Waals surface area contributed by atoms with E-state index in [-0.39, 0.29) is 35.6 Å². The van der Waals surface area contributed by atoms with Crippen LogP contribution >= 0.6 is 0 Å². The molecule has 0 radical (unpaired) electrons. The second-order valence-corrected chi connectivity index (χ2v) is 18.6. The summed E-state index contributed by atoms with van der Waals surface area (Å²) in [5, 5.41) is 20.2. The summed E-state index contributed by atoms with van der Waals surface area (Å²) in [6, 6.07) is 22.3. The number of fused-ring (bicyclic) bond motifs is 1. The summed E-state index contributed by atoms with van der Waals surface area (Å²) in [6.07, 6.45) is 5.86. The molecule has 4 fully saturated rings. The van der Waals surface area contributed by atoms with Gasteiger partial charge in [0.25, 0.3) is 5.91 Å². The second kappa shape index (κ2) is 22.1. The molecule has 4 saturated heterocycles. The fourth-order valence-electron chi connectivity index (χ4n) is 9.77. The number of nitrogens with zero attached hydrogens (tertiary/aromatic N) is 5. The molecule has 0 aliphatic carbocycles. The standard InChI is InChI=1S/C52H60F2N10O6/c53-36-29-35(30-37(54)32-36)28-34-6-13-44-43(31-34)50(60-59-44)58-51(68)42-12-11-41(33-46(42)56-39-16-26-70-27-17-39)62-20-24-64(25-21-62)49(67)5-3-1-2-4-48(66)63-22-18-61(19-23-63)40-9-7-38(8-10-40)55-45-14-15-47(65)57-52(45)69/h6-13,29-33,39,45,55-56H,1-5,14-28H2,(H,57,65,69)(H2,58,59,60,68). The monoisotopic (exact) mass is 958 g/mol. The van der Waals surface area contributed by atoms with E-state index in [9.17, 15) is 32.8 Å². The van der Waals surface area contributed by atoms with E-state index in [4.69, 9.17) is 4.74 Å². The molecular weight excluding hydrogens is 899 g/mol. The smallest absolute Gasteiger partial charge is 0.258 e. The molecule has 1 atom stereocenters. The molecule has 9 rings (SSSR count). The van der Waals surface area contributed by atoms with Crippen molar-refractivity contribution in [3.8, 4) is 0 Å². The molecule has 18 heteroatoms. The molecule has 16 nitrogen and oxygen atoms in total. The van der Waals surface area contributed by atoms with E-state index in [0.29, 0.717) is 118 Å². The molecular formula is C52H60F2N10O6. The van der Waals surface area contributed by atoms with E-state index in [1.54, 1.807) is 0 Å². The predicted molar refractivity (Wildman–Crippen MR) is 264 cm³/mol. The van der Waals surface area contributed by atoms with E-state index >= 15 is 0 Å². The van der Waals surface area contributed by atoms with Gasteiger partial charge in [0.15, 0.2) is 5.82 Å². The maximum absolute atomic E-state index is 14.0. The molecule has 4 aliphatic rings. The first-order valence-corrected chi connectivity index (χ1v) is 24.5. The van der Waals surface area contributed by atoms with Crippen LogP contribution in [0.4, 0.5) is 37.3 Å². The summed E-state index contributed by atoms with van der Waals surface area (Å²) in [5.74, 6) is -1.54. The zero-order valence-electron chi connectivity index (χ0n) is 39.2. The van der Waals surface area contributed by atoms with Gasteiger partial charge in [-0.3, -0.25) is 34.4 Å². The zero-order valence-corrected chi connectivity index (χ0v) is 39.2. The number of halogens is 2. The van der Waals surface area contributed by atoms with Crippen LogP contribution in [0, 0.1) is 11.6 Å². The molecule has 0 saturated carbocycles. The molecule has 5 aromatic rings. The third kappa shape index (κ3) is 12.0. The minimum Gasteiger partial charge on any atom is -0.381 e. The Hall–Kier alpha value is -7.08. The third-order valence-corrected chi connectivity index (χ3v) is 13.7. The van der Waals surface area contributed by atoms with Gasteiger partial charge in [0.1, 0.15) is 17.7 Å². The lowest BCUT2D eigenvalue weighted by Gasteiger charge is -2.36. The van der Waals surface area contributed by atoms with Crippen molar-refractivity contribution in [2.24, 2.45) is 0 Å². The van der Waals surface area contributed by atoms with Crippen molar-refractivity contribution < 1.29 is 37.5 Å².